The second kappa shape index (κ2) is 13.7. The zero-order valence-corrected chi connectivity index (χ0v) is 25.5. The standard InChI is InChI=1S/C30H33BrClN3O4S/c1-40(38,39)35(27-13-7-10-24(31)19-27)21-29(36)34(20-23-14-16-25(32)17-15-23)28(18-22-8-3-2-4-9-22)30(37)33-26-11-5-6-12-26/h2-4,7-10,13-17,19,26,28H,5-6,11-12,18,20-21H2,1H3,(H,33,37). The van der Waals surface area contributed by atoms with E-state index in [1.165, 1.54) is 4.90 Å². The van der Waals surface area contributed by atoms with Crippen molar-refractivity contribution in [1.82, 2.24) is 10.2 Å². The maximum absolute atomic E-state index is 14.1. The molecular weight excluding hydrogens is 614 g/mol. The predicted octanol–water partition coefficient (Wildman–Crippen LogP) is 5.57. The summed E-state index contributed by atoms with van der Waals surface area (Å²) in [6.45, 7) is -0.341. The van der Waals surface area contributed by atoms with Crippen molar-refractivity contribution < 1.29 is 18.0 Å². The molecule has 4 rings (SSSR count). The highest BCUT2D eigenvalue weighted by atomic mass is 79.9. The molecule has 1 fully saturated rings. The molecular formula is C30H33BrClN3O4S. The van der Waals surface area contributed by atoms with Gasteiger partial charge in [0.05, 0.1) is 11.9 Å². The SMILES string of the molecule is CS(=O)(=O)N(CC(=O)N(Cc1ccc(Cl)cc1)C(Cc1ccccc1)C(=O)NC1CCCC1)c1cccc(Br)c1. The van der Waals surface area contributed by atoms with Crippen LogP contribution in [0.2, 0.25) is 5.02 Å². The quantitative estimate of drug-likeness (QED) is 0.295. The molecule has 1 unspecified atom stereocenters. The first-order chi connectivity index (χ1) is 19.1. The van der Waals surface area contributed by atoms with Crippen molar-refractivity contribution in [2.45, 2.75) is 50.7 Å². The first-order valence-electron chi connectivity index (χ1n) is 13.2. The number of nitrogens with one attached hydrogen (secondary N) is 1. The third-order valence-corrected chi connectivity index (χ3v) is 8.90. The van der Waals surface area contributed by atoms with Crippen LogP contribution < -0.4 is 9.62 Å². The summed E-state index contributed by atoms with van der Waals surface area (Å²) >= 11 is 9.49. The number of benzene rings is 3. The minimum Gasteiger partial charge on any atom is -0.352 e. The number of sulfonamides is 1. The molecule has 1 aliphatic rings. The minimum absolute atomic E-state index is 0.0624. The summed E-state index contributed by atoms with van der Waals surface area (Å²) < 4.78 is 27.5. The van der Waals surface area contributed by atoms with E-state index in [0.717, 1.165) is 47.4 Å². The number of carbonyl (C=O) groups excluding carboxylic acids is 2. The van der Waals surface area contributed by atoms with Crippen molar-refractivity contribution in [2.24, 2.45) is 0 Å². The molecule has 2 amide bonds. The van der Waals surface area contributed by atoms with E-state index in [0.29, 0.717) is 15.2 Å². The summed E-state index contributed by atoms with van der Waals surface area (Å²) in [6, 6.07) is 22.6. The van der Waals surface area contributed by atoms with Crippen molar-refractivity contribution in [2.75, 3.05) is 17.1 Å². The van der Waals surface area contributed by atoms with E-state index in [-0.39, 0.29) is 24.9 Å². The summed E-state index contributed by atoms with van der Waals surface area (Å²) in [7, 11) is -3.82. The molecule has 3 aromatic rings. The van der Waals surface area contributed by atoms with E-state index in [9.17, 15) is 18.0 Å². The highest BCUT2D eigenvalue weighted by Crippen LogP contribution is 2.24. The van der Waals surface area contributed by atoms with Gasteiger partial charge in [-0.1, -0.05) is 88.9 Å². The Hall–Kier alpha value is -2.88. The van der Waals surface area contributed by atoms with Crippen molar-refractivity contribution in [1.29, 1.82) is 0 Å². The zero-order chi connectivity index (χ0) is 28.7. The van der Waals surface area contributed by atoms with Crippen LogP contribution >= 0.6 is 27.5 Å². The third-order valence-electron chi connectivity index (χ3n) is 7.01. The van der Waals surface area contributed by atoms with Crippen LogP contribution in [0.3, 0.4) is 0 Å². The second-order valence-corrected chi connectivity index (χ2v) is 13.4. The van der Waals surface area contributed by atoms with E-state index >= 15 is 0 Å². The van der Waals surface area contributed by atoms with Crippen LogP contribution in [0.4, 0.5) is 5.69 Å². The van der Waals surface area contributed by atoms with Crippen LogP contribution in [0.1, 0.15) is 36.8 Å². The van der Waals surface area contributed by atoms with E-state index in [1.807, 2.05) is 30.3 Å². The highest BCUT2D eigenvalue weighted by molar-refractivity contribution is 9.10. The fraction of sp³-hybridized carbons (Fsp3) is 0.333. The smallest absolute Gasteiger partial charge is 0.244 e. The monoisotopic (exact) mass is 645 g/mol. The molecule has 1 atom stereocenters. The van der Waals surface area contributed by atoms with E-state index in [1.54, 1.807) is 48.5 Å². The lowest BCUT2D eigenvalue weighted by atomic mass is 10.0. The Labute approximate surface area is 249 Å². The third kappa shape index (κ3) is 8.32. The fourth-order valence-electron chi connectivity index (χ4n) is 4.95. The largest absolute Gasteiger partial charge is 0.352 e. The van der Waals surface area contributed by atoms with Gasteiger partial charge in [0.1, 0.15) is 12.6 Å². The number of carbonyl (C=O) groups is 2. The molecule has 1 saturated carbocycles. The molecule has 0 saturated heterocycles. The number of rotatable bonds is 11. The molecule has 1 N–H and O–H groups in total. The van der Waals surface area contributed by atoms with Crippen molar-refractivity contribution in [3.63, 3.8) is 0 Å². The first-order valence-corrected chi connectivity index (χ1v) is 16.2. The Balaban J connectivity index is 1.72. The maximum Gasteiger partial charge on any atom is 0.244 e. The molecule has 10 heteroatoms. The van der Waals surface area contributed by atoms with E-state index in [2.05, 4.69) is 21.2 Å². The van der Waals surface area contributed by atoms with E-state index < -0.39 is 28.5 Å². The van der Waals surface area contributed by atoms with Crippen LogP contribution in [0, 0.1) is 0 Å². The van der Waals surface area contributed by atoms with Crippen LogP contribution in [-0.4, -0.2) is 50.0 Å². The van der Waals surface area contributed by atoms with Crippen molar-refractivity contribution in [3.05, 3.63) is 99.5 Å². The van der Waals surface area contributed by atoms with Gasteiger partial charge in [0.2, 0.25) is 21.8 Å². The Morgan fingerprint density at radius 3 is 2.27 bits per heavy atom. The minimum atomic E-state index is -3.82. The van der Waals surface area contributed by atoms with Crippen LogP contribution in [-0.2, 0) is 32.6 Å². The molecule has 0 spiro atoms. The maximum atomic E-state index is 14.1. The molecule has 0 bridgehead atoms. The Morgan fingerprint density at radius 1 is 0.975 bits per heavy atom. The lowest BCUT2D eigenvalue weighted by Gasteiger charge is -2.34. The molecule has 7 nitrogen and oxygen atoms in total. The number of halogens is 2. The molecule has 1 aliphatic carbocycles. The van der Waals surface area contributed by atoms with Crippen molar-refractivity contribution in [3.8, 4) is 0 Å². The van der Waals surface area contributed by atoms with Gasteiger partial charge in [-0.15, -0.1) is 0 Å². The Morgan fingerprint density at radius 2 is 1.65 bits per heavy atom. The second-order valence-electron chi connectivity index (χ2n) is 10.1. The van der Waals surface area contributed by atoms with Gasteiger partial charge in [0.25, 0.3) is 0 Å². The molecule has 0 aromatic heterocycles. The predicted molar refractivity (Wildman–Crippen MR) is 163 cm³/mol. The van der Waals surface area contributed by atoms with Gasteiger partial charge in [0.15, 0.2) is 0 Å². The van der Waals surface area contributed by atoms with Gasteiger partial charge < -0.3 is 10.2 Å². The lowest BCUT2D eigenvalue weighted by Crippen LogP contribution is -2.54. The van der Waals surface area contributed by atoms with Gasteiger partial charge in [-0.2, -0.15) is 0 Å². The van der Waals surface area contributed by atoms with Gasteiger partial charge >= 0.3 is 0 Å². The molecule has 0 aliphatic heterocycles. The summed E-state index contributed by atoms with van der Waals surface area (Å²) in [5.41, 5.74) is 2.03. The molecule has 0 radical (unpaired) electrons. The topological polar surface area (TPSA) is 86.8 Å². The van der Waals surface area contributed by atoms with Crippen molar-refractivity contribution >= 4 is 55.1 Å². The fourth-order valence-corrected chi connectivity index (χ4v) is 6.31. The summed E-state index contributed by atoms with van der Waals surface area (Å²) in [4.78, 5) is 29.4. The summed E-state index contributed by atoms with van der Waals surface area (Å²) in [5, 5.41) is 3.72. The number of anilines is 1. The zero-order valence-electron chi connectivity index (χ0n) is 22.3. The number of hydrogen-bond acceptors (Lipinski definition) is 4. The summed E-state index contributed by atoms with van der Waals surface area (Å²) in [5.74, 6) is -0.728. The normalized spacial score (nSPS) is 14.5. The number of hydrogen-bond donors (Lipinski definition) is 1. The highest BCUT2D eigenvalue weighted by Gasteiger charge is 2.34. The molecule has 212 valence electrons. The average Bonchev–Trinajstić information content (AvgIpc) is 3.43. The van der Waals surface area contributed by atoms with Crippen LogP contribution in [0.25, 0.3) is 0 Å². The Kier molecular flexibility index (Phi) is 10.3. The van der Waals surface area contributed by atoms with Gasteiger partial charge in [-0.25, -0.2) is 8.42 Å². The first kappa shape index (κ1) is 30.1. The van der Waals surface area contributed by atoms with Gasteiger partial charge in [-0.05, 0) is 54.3 Å². The lowest BCUT2D eigenvalue weighted by molar-refractivity contribution is -0.140. The summed E-state index contributed by atoms with van der Waals surface area (Å²) in [6.07, 6.45) is 5.27. The number of nitrogens with zero attached hydrogens (tertiary/aromatic N) is 2. The van der Waals surface area contributed by atoms with Crippen LogP contribution in [0.5, 0.6) is 0 Å². The molecule has 40 heavy (non-hydrogen) atoms. The molecule has 3 aromatic carbocycles. The van der Waals surface area contributed by atoms with Crippen LogP contribution in [0.15, 0.2) is 83.3 Å². The van der Waals surface area contributed by atoms with E-state index in [4.69, 9.17) is 11.6 Å². The Bertz CT molecular complexity index is 1410. The average molecular weight is 647 g/mol. The number of amides is 2. The molecule has 0 heterocycles. The van der Waals surface area contributed by atoms with Gasteiger partial charge in [-0.3, -0.25) is 13.9 Å². The van der Waals surface area contributed by atoms with Gasteiger partial charge in [0, 0.05) is 28.5 Å².